The zero-order valence-corrected chi connectivity index (χ0v) is 14.3. The van der Waals surface area contributed by atoms with Crippen LogP contribution in [0.4, 0.5) is 5.69 Å². The first-order valence-electron chi connectivity index (χ1n) is 7.81. The van der Waals surface area contributed by atoms with Crippen molar-refractivity contribution in [2.75, 3.05) is 32.8 Å². The Kier molecular flexibility index (Phi) is 4.34. The summed E-state index contributed by atoms with van der Waals surface area (Å²) in [6, 6.07) is 11.4. The summed E-state index contributed by atoms with van der Waals surface area (Å²) in [4.78, 5) is 14.9. The molecule has 0 bridgehead atoms. The zero-order valence-electron chi connectivity index (χ0n) is 14.3. The number of nitrogens with zero attached hydrogens (tertiary/aromatic N) is 1. The Bertz CT molecular complexity index is 747. The second-order valence-electron chi connectivity index (χ2n) is 5.79. The van der Waals surface area contributed by atoms with Gasteiger partial charge in [-0.15, -0.1) is 0 Å². The van der Waals surface area contributed by atoms with Gasteiger partial charge in [-0.05, 0) is 23.8 Å². The number of hydrogen-bond acceptors (Lipinski definition) is 4. The van der Waals surface area contributed by atoms with Crippen molar-refractivity contribution in [3.8, 4) is 17.2 Å². The van der Waals surface area contributed by atoms with Crippen LogP contribution in [-0.4, -0.2) is 33.8 Å². The van der Waals surface area contributed by atoms with Crippen LogP contribution in [0.2, 0.25) is 0 Å². The first kappa shape index (κ1) is 16.2. The van der Waals surface area contributed by atoms with Gasteiger partial charge in [-0.2, -0.15) is 0 Å². The lowest BCUT2D eigenvalue weighted by Gasteiger charge is -2.19. The van der Waals surface area contributed by atoms with Gasteiger partial charge >= 0.3 is 0 Å². The zero-order chi connectivity index (χ0) is 17.3. The summed E-state index contributed by atoms with van der Waals surface area (Å²) in [7, 11) is 4.62. The smallest absolute Gasteiger partial charge is 0.258 e. The molecule has 2 aromatic rings. The molecule has 1 amide bonds. The standard InChI is InChI=1S/C19H21NO4/c1-12-11-20(15-8-6-5-7-14(12)15)19(21)13-9-16(22-2)18(24-4)17(10-13)23-3/h5-10,12H,11H2,1-4H3. The molecule has 1 unspecified atom stereocenters. The van der Waals surface area contributed by atoms with E-state index in [1.807, 2.05) is 18.2 Å². The first-order valence-corrected chi connectivity index (χ1v) is 7.81. The quantitative estimate of drug-likeness (QED) is 0.863. The molecule has 1 atom stereocenters. The van der Waals surface area contributed by atoms with E-state index in [1.165, 1.54) is 5.56 Å². The molecule has 0 radical (unpaired) electrons. The molecule has 24 heavy (non-hydrogen) atoms. The Morgan fingerprint density at radius 3 is 2.25 bits per heavy atom. The third-order valence-corrected chi connectivity index (χ3v) is 4.37. The highest BCUT2D eigenvalue weighted by Gasteiger charge is 2.31. The molecule has 5 nitrogen and oxygen atoms in total. The summed E-state index contributed by atoms with van der Waals surface area (Å²) in [5, 5.41) is 0. The summed E-state index contributed by atoms with van der Waals surface area (Å²) in [6.07, 6.45) is 0. The maximum absolute atomic E-state index is 13.1. The Hall–Kier alpha value is -2.69. The average molecular weight is 327 g/mol. The van der Waals surface area contributed by atoms with Gasteiger partial charge in [0.1, 0.15) is 0 Å². The predicted molar refractivity (Wildman–Crippen MR) is 92.6 cm³/mol. The number of carbonyl (C=O) groups is 1. The number of methoxy groups -OCH3 is 3. The summed E-state index contributed by atoms with van der Waals surface area (Å²) >= 11 is 0. The maximum Gasteiger partial charge on any atom is 0.258 e. The molecule has 5 heteroatoms. The fourth-order valence-electron chi connectivity index (χ4n) is 3.17. The van der Waals surface area contributed by atoms with Crippen molar-refractivity contribution in [2.24, 2.45) is 0 Å². The van der Waals surface area contributed by atoms with Crippen LogP contribution < -0.4 is 19.1 Å². The van der Waals surface area contributed by atoms with Crippen LogP contribution in [0.5, 0.6) is 17.2 Å². The van der Waals surface area contributed by atoms with Gasteiger partial charge in [-0.3, -0.25) is 4.79 Å². The van der Waals surface area contributed by atoms with E-state index >= 15 is 0 Å². The molecule has 2 aromatic carbocycles. The van der Waals surface area contributed by atoms with Crippen LogP contribution in [0, 0.1) is 0 Å². The molecule has 0 aromatic heterocycles. The highest BCUT2D eigenvalue weighted by molar-refractivity contribution is 6.08. The lowest BCUT2D eigenvalue weighted by Crippen LogP contribution is -2.29. The lowest BCUT2D eigenvalue weighted by molar-refractivity contribution is 0.0987. The molecule has 1 heterocycles. The Morgan fingerprint density at radius 1 is 1.04 bits per heavy atom. The van der Waals surface area contributed by atoms with Gasteiger partial charge in [0.05, 0.1) is 21.3 Å². The van der Waals surface area contributed by atoms with Crippen molar-refractivity contribution in [2.45, 2.75) is 12.8 Å². The third kappa shape index (κ3) is 2.56. The third-order valence-electron chi connectivity index (χ3n) is 4.37. The molecular formula is C19H21NO4. The Labute approximate surface area is 141 Å². The molecule has 0 aliphatic carbocycles. The number of fused-ring (bicyclic) bond motifs is 1. The van der Waals surface area contributed by atoms with E-state index in [4.69, 9.17) is 14.2 Å². The summed E-state index contributed by atoms with van der Waals surface area (Å²) in [5.74, 6) is 1.66. The van der Waals surface area contributed by atoms with E-state index in [0.717, 1.165) is 5.69 Å². The van der Waals surface area contributed by atoms with Gasteiger partial charge in [0, 0.05) is 23.7 Å². The molecule has 0 N–H and O–H groups in total. The maximum atomic E-state index is 13.1. The van der Waals surface area contributed by atoms with Crippen LogP contribution in [0.1, 0.15) is 28.8 Å². The van der Waals surface area contributed by atoms with Gasteiger partial charge in [-0.1, -0.05) is 25.1 Å². The molecular weight excluding hydrogens is 306 g/mol. The Morgan fingerprint density at radius 2 is 1.67 bits per heavy atom. The number of para-hydroxylation sites is 1. The van der Waals surface area contributed by atoms with Crippen LogP contribution >= 0.6 is 0 Å². The summed E-state index contributed by atoms with van der Waals surface area (Å²) < 4.78 is 16.0. The van der Waals surface area contributed by atoms with Gasteiger partial charge in [0.2, 0.25) is 5.75 Å². The fourth-order valence-corrected chi connectivity index (χ4v) is 3.17. The number of benzene rings is 2. The normalized spacial score (nSPS) is 15.8. The van der Waals surface area contributed by atoms with Crippen LogP contribution in [-0.2, 0) is 0 Å². The lowest BCUT2D eigenvalue weighted by atomic mass is 10.0. The van der Waals surface area contributed by atoms with Crippen LogP contribution in [0.15, 0.2) is 36.4 Å². The topological polar surface area (TPSA) is 48.0 Å². The highest BCUT2D eigenvalue weighted by Crippen LogP contribution is 2.40. The monoisotopic (exact) mass is 327 g/mol. The van der Waals surface area contributed by atoms with Gasteiger partial charge in [0.15, 0.2) is 11.5 Å². The number of ether oxygens (including phenoxy) is 3. The number of rotatable bonds is 4. The van der Waals surface area contributed by atoms with E-state index in [2.05, 4.69) is 13.0 Å². The Balaban J connectivity index is 2.02. The van der Waals surface area contributed by atoms with Gasteiger partial charge in [0.25, 0.3) is 5.91 Å². The minimum absolute atomic E-state index is 0.0777. The minimum Gasteiger partial charge on any atom is -0.493 e. The van der Waals surface area contributed by atoms with Crippen molar-refractivity contribution in [3.63, 3.8) is 0 Å². The van der Waals surface area contributed by atoms with Crippen molar-refractivity contribution >= 4 is 11.6 Å². The van der Waals surface area contributed by atoms with E-state index < -0.39 is 0 Å². The van der Waals surface area contributed by atoms with Crippen molar-refractivity contribution in [1.29, 1.82) is 0 Å². The molecule has 1 aliphatic rings. The first-order chi connectivity index (χ1) is 11.6. The van der Waals surface area contributed by atoms with Gasteiger partial charge < -0.3 is 19.1 Å². The number of hydrogen-bond donors (Lipinski definition) is 0. The van der Waals surface area contributed by atoms with E-state index in [0.29, 0.717) is 35.3 Å². The SMILES string of the molecule is COc1cc(C(=O)N2CC(C)c3ccccc32)cc(OC)c1OC. The molecule has 0 saturated carbocycles. The summed E-state index contributed by atoms with van der Waals surface area (Å²) in [5.41, 5.74) is 2.66. The largest absolute Gasteiger partial charge is 0.493 e. The molecule has 0 saturated heterocycles. The second kappa shape index (κ2) is 6.43. The summed E-state index contributed by atoms with van der Waals surface area (Å²) in [6.45, 7) is 2.79. The average Bonchev–Trinajstić information content (AvgIpc) is 2.96. The minimum atomic E-state index is -0.0777. The predicted octanol–water partition coefficient (Wildman–Crippen LogP) is 3.48. The molecule has 1 aliphatic heterocycles. The van der Waals surface area contributed by atoms with Gasteiger partial charge in [-0.25, -0.2) is 0 Å². The van der Waals surface area contributed by atoms with E-state index in [9.17, 15) is 4.79 Å². The van der Waals surface area contributed by atoms with Crippen LogP contribution in [0.3, 0.4) is 0 Å². The number of amides is 1. The van der Waals surface area contributed by atoms with Crippen LogP contribution in [0.25, 0.3) is 0 Å². The van der Waals surface area contributed by atoms with E-state index in [-0.39, 0.29) is 5.91 Å². The van der Waals surface area contributed by atoms with Crippen molar-refractivity contribution in [3.05, 3.63) is 47.5 Å². The fraction of sp³-hybridized carbons (Fsp3) is 0.316. The number of anilines is 1. The number of carbonyl (C=O) groups excluding carboxylic acids is 1. The molecule has 0 spiro atoms. The molecule has 0 fully saturated rings. The van der Waals surface area contributed by atoms with Crippen molar-refractivity contribution in [1.82, 2.24) is 0 Å². The van der Waals surface area contributed by atoms with E-state index in [1.54, 1.807) is 38.4 Å². The second-order valence-corrected chi connectivity index (χ2v) is 5.79. The molecule has 3 rings (SSSR count). The molecule has 126 valence electrons. The van der Waals surface area contributed by atoms with Crippen molar-refractivity contribution < 1.29 is 19.0 Å². The highest BCUT2D eigenvalue weighted by atomic mass is 16.5.